The first kappa shape index (κ1) is 22.0. The number of aryl methyl sites for hydroxylation is 1. The summed E-state index contributed by atoms with van der Waals surface area (Å²) in [6, 6.07) is 22.5. The molecule has 0 bridgehead atoms. The number of fused-ring (bicyclic) bond motifs is 1. The normalized spacial score (nSPS) is 11.0. The summed E-state index contributed by atoms with van der Waals surface area (Å²) in [7, 11) is 2.92. The molecule has 1 amide bonds. The summed E-state index contributed by atoms with van der Waals surface area (Å²) in [5, 5.41) is 7.91. The number of hydrogen-bond donors (Lipinski definition) is 1. The van der Waals surface area contributed by atoms with Gasteiger partial charge < -0.3 is 5.32 Å². The monoisotopic (exact) mass is 466 g/mol. The molecule has 2 aromatic carbocycles. The van der Waals surface area contributed by atoms with Gasteiger partial charge in [-0.05, 0) is 24.3 Å². The average Bonchev–Trinajstić information content (AvgIpc) is 3.34. The number of benzene rings is 2. The number of para-hydroxylation sites is 1. The van der Waals surface area contributed by atoms with Gasteiger partial charge in [-0.1, -0.05) is 48.5 Å². The standard InChI is InChI=1S/C26H22N6O3/c1-30-23-20(25(34)31(2)26(30)35)13-14-21(28-23)24(33)27-15-18-16-32(19-11-7-4-8-12-19)29-22(18)17-9-5-3-6-10-17/h3-14,16H,15H2,1-2H3,(H,27,33). The third-order valence-electron chi connectivity index (χ3n) is 5.83. The lowest BCUT2D eigenvalue weighted by molar-refractivity contribution is 0.0946. The molecular formula is C26H22N6O3. The molecule has 0 aliphatic heterocycles. The summed E-state index contributed by atoms with van der Waals surface area (Å²) in [6.45, 7) is 0.213. The zero-order chi connectivity index (χ0) is 24.5. The van der Waals surface area contributed by atoms with Gasteiger partial charge in [0.2, 0.25) is 0 Å². The van der Waals surface area contributed by atoms with Crippen molar-refractivity contribution in [2.24, 2.45) is 14.1 Å². The number of carbonyl (C=O) groups is 1. The number of pyridine rings is 1. The van der Waals surface area contributed by atoms with Crippen LogP contribution in [0.15, 0.2) is 88.6 Å². The van der Waals surface area contributed by atoms with E-state index >= 15 is 0 Å². The maximum atomic E-state index is 13.0. The second-order valence-electron chi connectivity index (χ2n) is 8.11. The molecule has 5 aromatic rings. The van der Waals surface area contributed by atoms with Gasteiger partial charge >= 0.3 is 5.69 Å². The van der Waals surface area contributed by atoms with Crippen LogP contribution in [-0.4, -0.2) is 29.8 Å². The lowest BCUT2D eigenvalue weighted by Crippen LogP contribution is -2.37. The second kappa shape index (κ2) is 8.86. The zero-order valence-corrected chi connectivity index (χ0v) is 19.2. The van der Waals surface area contributed by atoms with Crippen molar-refractivity contribution in [3.8, 4) is 16.9 Å². The Labute approximate surface area is 199 Å². The molecule has 0 spiro atoms. The summed E-state index contributed by atoms with van der Waals surface area (Å²) < 4.78 is 4.05. The Morgan fingerprint density at radius 3 is 2.29 bits per heavy atom. The molecule has 0 saturated heterocycles. The van der Waals surface area contributed by atoms with Gasteiger partial charge in [0.05, 0.1) is 16.8 Å². The molecule has 0 atom stereocenters. The Morgan fingerprint density at radius 1 is 0.886 bits per heavy atom. The molecule has 0 radical (unpaired) electrons. The van der Waals surface area contributed by atoms with Crippen molar-refractivity contribution in [1.82, 2.24) is 29.2 Å². The molecule has 0 aliphatic rings. The number of nitrogens with one attached hydrogen (secondary N) is 1. The lowest BCUT2D eigenvalue weighted by Gasteiger charge is -2.09. The van der Waals surface area contributed by atoms with Gasteiger partial charge in [-0.25, -0.2) is 14.5 Å². The minimum atomic E-state index is -0.506. The van der Waals surface area contributed by atoms with Gasteiger partial charge in [0, 0.05) is 38.0 Å². The van der Waals surface area contributed by atoms with Crippen molar-refractivity contribution in [3.05, 3.63) is 111 Å². The first-order valence-electron chi connectivity index (χ1n) is 11.0. The number of nitrogens with zero attached hydrogens (tertiary/aromatic N) is 5. The van der Waals surface area contributed by atoms with Gasteiger partial charge in [0.25, 0.3) is 11.5 Å². The topological polar surface area (TPSA) is 104 Å². The highest BCUT2D eigenvalue weighted by molar-refractivity contribution is 5.94. The van der Waals surface area contributed by atoms with E-state index in [-0.39, 0.29) is 23.3 Å². The van der Waals surface area contributed by atoms with Crippen LogP contribution in [0.5, 0.6) is 0 Å². The van der Waals surface area contributed by atoms with E-state index in [0.29, 0.717) is 0 Å². The molecule has 0 unspecified atom stereocenters. The van der Waals surface area contributed by atoms with E-state index in [9.17, 15) is 14.4 Å². The highest BCUT2D eigenvalue weighted by Gasteiger charge is 2.16. The maximum absolute atomic E-state index is 13.0. The molecule has 3 heterocycles. The van der Waals surface area contributed by atoms with Crippen LogP contribution in [0.25, 0.3) is 28.0 Å². The molecule has 35 heavy (non-hydrogen) atoms. The van der Waals surface area contributed by atoms with E-state index in [1.807, 2.05) is 66.9 Å². The minimum absolute atomic E-state index is 0.109. The summed E-state index contributed by atoms with van der Waals surface area (Å²) in [5.41, 5.74) is 2.73. The predicted molar refractivity (Wildman–Crippen MR) is 132 cm³/mol. The van der Waals surface area contributed by atoms with Gasteiger partial charge in [-0.3, -0.25) is 18.7 Å². The third-order valence-corrected chi connectivity index (χ3v) is 5.83. The van der Waals surface area contributed by atoms with E-state index in [4.69, 9.17) is 5.10 Å². The number of aromatic nitrogens is 5. The van der Waals surface area contributed by atoms with Crippen LogP contribution >= 0.6 is 0 Å². The van der Waals surface area contributed by atoms with Crippen LogP contribution in [0.4, 0.5) is 0 Å². The van der Waals surface area contributed by atoms with Crippen LogP contribution in [0.3, 0.4) is 0 Å². The predicted octanol–water partition coefficient (Wildman–Crippen LogP) is 2.41. The smallest absolute Gasteiger partial charge is 0.332 e. The molecule has 174 valence electrons. The molecule has 9 heteroatoms. The van der Waals surface area contributed by atoms with E-state index in [2.05, 4.69) is 10.3 Å². The fraction of sp³-hybridized carbons (Fsp3) is 0.115. The lowest BCUT2D eigenvalue weighted by atomic mass is 10.1. The second-order valence-corrected chi connectivity index (χ2v) is 8.11. The largest absolute Gasteiger partial charge is 0.346 e. The molecule has 9 nitrogen and oxygen atoms in total. The van der Waals surface area contributed by atoms with Gasteiger partial charge in [-0.2, -0.15) is 5.10 Å². The van der Waals surface area contributed by atoms with E-state index in [0.717, 1.165) is 27.1 Å². The van der Waals surface area contributed by atoms with Crippen molar-refractivity contribution >= 4 is 16.9 Å². The van der Waals surface area contributed by atoms with E-state index in [1.54, 1.807) is 4.68 Å². The Kier molecular flexibility index (Phi) is 5.58. The summed E-state index contributed by atoms with van der Waals surface area (Å²) >= 11 is 0. The van der Waals surface area contributed by atoms with Crippen molar-refractivity contribution in [1.29, 1.82) is 0 Å². The van der Waals surface area contributed by atoms with Gasteiger partial charge in [-0.15, -0.1) is 0 Å². The zero-order valence-electron chi connectivity index (χ0n) is 19.2. The average molecular weight is 467 g/mol. The summed E-state index contributed by atoms with van der Waals surface area (Å²) in [4.78, 5) is 41.9. The Hall–Kier alpha value is -4.79. The van der Waals surface area contributed by atoms with Gasteiger partial charge in [0.15, 0.2) is 0 Å². The molecule has 0 fully saturated rings. The number of hydrogen-bond acceptors (Lipinski definition) is 5. The first-order valence-corrected chi connectivity index (χ1v) is 11.0. The fourth-order valence-electron chi connectivity index (χ4n) is 3.94. The van der Waals surface area contributed by atoms with Crippen LogP contribution in [-0.2, 0) is 20.6 Å². The van der Waals surface area contributed by atoms with Crippen LogP contribution in [0.1, 0.15) is 16.1 Å². The fourth-order valence-corrected chi connectivity index (χ4v) is 3.94. The Balaban J connectivity index is 1.47. The molecule has 0 saturated carbocycles. The first-order chi connectivity index (χ1) is 16.9. The number of carbonyl (C=O) groups excluding carboxylic acids is 1. The SMILES string of the molecule is Cn1c(=O)c2ccc(C(=O)NCc3cn(-c4ccccc4)nc3-c3ccccc3)nc2n(C)c1=O. The van der Waals surface area contributed by atoms with Crippen molar-refractivity contribution in [2.45, 2.75) is 6.54 Å². The van der Waals surface area contributed by atoms with Crippen molar-refractivity contribution in [3.63, 3.8) is 0 Å². The quantitative estimate of drug-likeness (QED) is 0.428. The molecule has 1 N–H and O–H groups in total. The molecule has 0 aliphatic carbocycles. The minimum Gasteiger partial charge on any atom is -0.346 e. The van der Waals surface area contributed by atoms with Gasteiger partial charge in [0.1, 0.15) is 11.3 Å². The number of amides is 1. The Bertz CT molecular complexity index is 1670. The third kappa shape index (κ3) is 4.04. The molecular weight excluding hydrogens is 444 g/mol. The molecule has 3 aromatic heterocycles. The van der Waals surface area contributed by atoms with Crippen LogP contribution < -0.4 is 16.6 Å². The Morgan fingerprint density at radius 2 is 1.57 bits per heavy atom. The van der Waals surface area contributed by atoms with Crippen LogP contribution in [0.2, 0.25) is 0 Å². The highest BCUT2D eigenvalue weighted by atomic mass is 16.2. The van der Waals surface area contributed by atoms with Crippen molar-refractivity contribution < 1.29 is 4.79 Å². The number of rotatable bonds is 5. The van der Waals surface area contributed by atoms with Crippen molar-refractivity contribution in [2.75, 3.05) is 0 Å². The molecule has 5 rings (SSSR count). The summed E-state index contributed by atoms with van der Waals surface area (Å²) in [5.74, 6) is -0.425. The van der Waals surface area contributed by atoms with E-state index in [1.165, 1.54) is 30.8 Å². The highest BCUT2D eigenvalue weighted by Crippen LogP contribution is 2.23. The maximum Gasteiger partial charge on any atom is 0.332 e. The summed E-state index contributed by atoms with van der Waals surface area (Å²) in [6.07, 6.45) is 1.89. The van der Waals surface area contributed by atoms with Crippen LogP contribution in [0, 0.1) is 0 Å². The van der Waals surface area contributed by atoms with E-state index < -0.39 is 17.2 Å².